The summed E-state index contributed by atoms with van der Waals surface area (Å²) in [5, 5.41) is 2.07. The van der Waals surface area contributed by atoms with Gasteiger partial charge in [0, 0.05) is 17.1 Å². The number of aromatic nitrogens is 1. The summed E-state index contributed by atoms with van der Waals surface area (Å²) in [6.07, 6.45) is 3.37. The molecule has 1 atom stereocenters. The van der Waals surface area contributed by atoms with Gasteiger partial charge in [-0.3, -0.25) is 0 Å². The van der Waals surface area contributed by atoms with E-state index in [1.165, 1.54) is 4.88 Å². The Balaban J connectivity index is 1.97. The van der Waals surface area contributed by atoms with Crippen molar-refractivity contribution < 1.29 is 0 Å². The van der Waals surface area contributed by atoms with Gasteiger partial charge in [0.1, 0.15) is 5.82 Å². The van der Waals surface area contributed by atoms with E-state index in [0.29, 0.717) is 5.82 Å². The minimum absolute atomic E-state index is 0.102. The fraction of sp³-hybridized carbons (Fsp3) is 0.250. The van der Waals surface area contributed by atoms with E-state index in [-0.39, 0.29) is 6.04 Å². The number of rotatable bonds is 4. The van der Waals surface area contributed by atoms with E-state index in [4.69, 9.17) is 11.5 Å². The molecule has 0 bridgehead atoms. The molecule has 0 radical (unpaired) electrons. The number of nitrogens with two attached hydrogens (primary N) is 2. The number of anilines is 1. The highest BCUT2D eigenvalue weighted by Gasteiger charge is 2.08. The fourth-order valence-corrected chi connectivity index (χ4v) is 2.46. The molecular formula is C12H15N3S. The molecule has 0 aromatic carbocycles. The predicted octanol–water partition coefficient (Wildman–Crippen LogP) is 1.84. The van der Waals surface area contributed by atoms with Crippen LogP contribution in [0.2, 0.25) is 0 Å². The number of hydrogen-bond acceptors (Lipinski definition) is 4. The van der Waals surface area contributed by atoms with Crippen LogP contribution in [0.15, 0.2) is 35.8 Å². The molecule has 0 fully saturated rings. The quantitative estimate of drug-likeness (QED) is 0.847. The van der Waals surface area contributed by atoms with Gasteiger partial charge in [-0.1, -0.05) is 12.1 Å². The fourth-order valence-electron chi connectivity index (χ4n) is 1.67. The summed E-state index contributed by atoms with van der Waals surface area (Å²) >= 11 is 1.74. The molecule has 0 amide bonds. The molecule has 2 heterocycles. The SMILES string of the molecule is Nc1ncccc1CC(N)Cc1cccs1. The van der Waals surface area contributed by atoms with Crippen LogP contribution < -0.4 is 11.5 Å². The Morgan fingerprint density at radius 2 is 2.12 bits per heavy atom. The monoisotopic (exact) mass is 233 g/mol. The Morgan fingerprint density at radius 1 is 1.25 bits per heavy atom. The zero-order chi connectivity index (χ0) is 11.4. The van der Waals surface area contributed by atoms with Crippen molar-refractivity contribution in [3.63, 3.8) is 0 Å². The molecule has 2 aromatic heterocycles. The minimum Gasteiger partial charge on any atom is -0.383 e. The van der Waals surface area contributed by atoms with Crippen LogP contribution in [-0.4, -0.2) is 11.0 Å². The standard InChI is InChI=1S/C12H15N3S/c13-10(8-11-4-2-6-16-11)7-9-3-1-5-15-12(9)14/h1-6,10H,7-8,13H2,(H2,14,15). The minimum atomic E-state index is 0.102. The van der Waals surface area contributed by atoms with Crippen molar-refractivity contribution in [2.24, 2.45) is 5.73 Å². The zero-order valence-electron chi connectivity index (χ0n) is 8.97. The first-order valence-electron chi connectivity index (χ1n) is 5.23. The van der Waals surface area contributed by atoms with Crippen molar-refractivity contribution in [2.45, 2.75) is 18.9 Å². The maximum absolute atomic E-state index is 6.09. The average Bonchev–Trinajstić information content (AvgIpc) is 2.74. The van der Waals surface area contributed by atoms with E-state index >= 15 is 0 Å². The van der Waals surface area contributed by atoms with Crippen LogP contribution in [0.1, 0.15) is 10.4 Å². The zero-order valence-corrected chi connectivity index (χ0v) is 9.78. The van der Waals surface area contributed by atoms with Gasteiger partial charge in [0.05, 0.1) is 0 Å². The molecule has 0 aliphatic heterocycles. The topological polar surface area (TPSA) is 64.9 Å². The van der Waals surface area contributed by atoms with Gasteiger partial charge in [-0.2, -0.15) is 0 Å². The lowest BCUT2D eigenvalue weighted by atomic mass is 10.0. The first-order chi connectivity index (χ1) is 7.75. The number of thiophene rings is 1. The average molecular weight is 233 g/mol. The Hall–Kier alpha value is -1.39. The molecular weight excluding hydrogens is 218 g/mol. The number of nitrogen functional groups attached to an aromatic ring is 1. The Labute approximate surface area is 99.1 Å². The lowest BCUT2D eigenvalue weighted by molar-refractivity contribution is 0.670. The molecule has 84 valence electrons. The molecule has 2 rings (SSSR count). The van der Waals surface area contributed by atoms with Crippen LogP contribution >= 0.6 is 11.3 Å². The van der Waals surface area contributed by atoms with E-state index in [2.05, 4.69) is 16.4 Å². The second kappa shape index (κ2) is 5.09. The van der Waals surface area contributed by atoms with Crippen LogP contribution in [0.5, 0.6) is 0 Å². The van der Waals surface area contributed by atoms with Crippen LogP contribution in [0.3, 0.4) is 0 Å². The highest BCUT2D eigenvalue weighted by molar-refractivity contribution is 7.09. The summed E-state index contributed by atoms with van der Waals surface area (Å²) in [5.41, 5.74) is 12.9. The number of hydrogen-bond donors (Lipinski definition) is 2. The van der Waals surface area contributed by atoms with E-state index in [1.807, 2.05) is 18.2 Å². The van der Waals surface area contributed by atoms with Crippen LogP contribution in [0.25, 0.3) is 0 Å². The van der Waals surface area contributed by atoms with E-state index in [9.17, 15) is 0 Å². The second-order valence-electron chi connectivity index (χ2n) is 3.80. The van der Waals surface area contributed by atoms with Gasteiger partial charge in [-0.15, -0.1) is 11.3 Å². The van der Waals surface area contributed by atoms with Crippen molar-refractivity contribution in [1.29, 1.82) is 0 Å². The Morgan fingerprint density at radius 3 is 2.81 bits per heavy atom. The molecule has 0 spiro atoms. The summed E-state index contributed by atoms with van der Waals surface area (Å²) in [7, 11) is 0. The molecule has 3 nitrogen and oxygen atoms in total. The van der Waals surface area contributed by atoms with Crippen molar-refractivity contribution >= 4 is 17.2 Å². The van der Waals surface area contributed by atoms with Gasteiger partial charge in [0.25, 0.3) is 0 Å². The third-order valence-electron chi connectivity index (χ3n) is 2.45. The largest absolute Gasteiger partial charge is 0.383 e. The van der Waals surface area contributed by atoms with Crippen LogP contribution in [-0.2, 0) is 12.8 Å². The van der Waals surface area contributed by atoms with Crippen LogP contribution in [0.4, 0.5) is 5.82 Å². The van der Waals surface area contributed by atoms with Crippen molar-refractivity contribution in [1.82, 2.24) is 4.98 Å². The first-order valence-corrected chi connectivity index (χ1v) is 6.11. The molecule has 4 N–H and O–H groups in total. The third kappa shape index (κ3) is 2.81. The number of nitrogens with zero attached hydrogens (tertiary/aromatic N) is 1. The lowest BCUT2D eigenvalue weighted by Crippen LogP contribution is -2.25. The maximum Gasteiger partial charge on any atom is 0.126 e. The first kappa shape index (κ1) is 11.1. The molecule has 0 aliphatic rings. The summed E-state index contributed by atoms with van der Waals surface area (Å²) in [5.74, 6) is 0.587. The van der Waals surface area contributed by atoms with Crippen molar-refractivity contribution in [3.8, 4) is 0 Å². The molecule has 0 aliphatic carbocycles. The summed E-state index contributed by atoms with van der Waals surface area (Å²) < 4.78 is 0. The number of pyridine rings is 1. The normalized spacial score (nSPS) is 12.6. The summed E-state index contributed by atoms with van der Waals surface area (Å²) in [6.45, 7) is 0. The Bertz CT molecular complexity index is 439. The van der Waals surface area contributed by atoms with Gasteiger partial charge < -0.3 is 11.5 Å². The smallest absolute Gasteiger partial charge is 0.126 e. The third-order valence-corrected chi connectivity index (χ3v) is 3.35. The molecule has 0 saturated carbocycles. The van der Waals surface area contributed by atoms with Gasteiger partial charge in [0.15, 0.2) is 0 Å². The highest BCUT2D eigenvalue weighted by Crippen LogP contribution is 2.14. The van der Waals surface area contributed by atoms with Crippen molar-refractivity contribution in [3.05, 3.63) is 46.3 Å². The summed E-state index contributed by atoms with van der Waals surface area (Å²) in [6, 6.07) is 8.13. The summed E-state index contributed by atoms with van der Waals surface area (Å²) in [4.78, 5) is 5.37. The maximum atomic E-state index is 6.09. The van der Waals surface area contributed by atoms with Gasteiger partial charge in [-0.25, -0.2) is 4.98 Å². The second-order valence-corrected chi connectivity index (χ2v) is 4.83. The van der Waals surface area contributed by atoms with E-state index in [1.54, 1.807) is 17.5 Å². The predicted molar refractivity (Wildman–Crippen MR) is 68.4 cm³/mol. The van der Waals surface area contributed by atoms with Gasteiger partial charge in [-0.05, 0) is 35.9 Å². The van der Waals surface area contributed by atoms with Gasteiger partial charge in [0.2, 0.25) is 0 Å². The lowest BCUT2D eigenvalue weighted by Gasteiger charge is -2.11. The molecule has 0 saturated heterocycles. The Kier molecular flexibility index (Phi) is 3.54. The van der Waals surface area contributed by atoms with Gasteiger partial charge >= 0.3 is 0 Å². The molecule has 2 aromatic rings. The van der Waals surface area contributed by atoms with E-state index < -0.39 is 0 Å². The van der Waals surface area contributed by atoms with E-state index in [0.717, 1.165) is 18.4 Å². The molecule has 1 unspecified atom stereocenters. The van der Waals surface area contributed by atoms with Crippen molar-refractivity contribution in [2.75, 3.05) is 5.73 Å². The highest BCUT2D eigenvalue weighted by atomic mass is 32.1. The molecule has 4 heteroatoms. The van der Waals surface area contributed by atoms with Crippen LogP contribution in [0, 0.1) is 0 Å². The molecule has 16 heavy (non-hydrogen) atoms.